The number of esters is 1. The van der Waals surface area contributed by atoms with Gasteiger partial charge in [0.1, 0.15) is 0 Å². The van der Waals surface area contributed by atoms with Gasteiger partial charge in [-0.05, 0) is 36.4 Å². The van der Waals surface area contributed by atoms with Gasteiger partial charge in [0.15, 0.2) is 5.75 Å². The van der Waals surface area contributed by atoms with Crippen LogP contribution < -0.4 is 10.2 Å². The van der Waals surface area contributed by atoms with E-state index in [-0.39, 0.29) is 11.2 Å². The average Bonchev–Trinajstić information content (AvgIpc) is 2.64. The third kappa shape index (κ3) is 2.82. The highest BCUT2D eigenvalue weighted by Gasteiger charge is 2.17. The van der Waals surface area contributed by atoms with E-state index in [1.807, 2.05) is 35.9 Å². The van der Waals surface area contributed by atoms with E-state index in [2.05, 4.69) is 4.98 Å². The minimum absolute atomic E-state index is 0.0553. The van der Waals surface area contributed by atoms with Crippen LogP contribution in [-0.4, -0.2) is 15.5 Å². The van der Waals surface area contributed by atoms with Crippen molar-refractivity contribution in [3.05, 3.63) is 81.5 Å². The first-order valence-electron chi connectivity index (χ1n) is 7.90. The van der Waals surface area contributed by atoms with Gasteiger partial charge >= 0.3 is 5.97 Å². The molecule has 0 atom stereocenters. The van der Waals surface area contributed by atoms with Crippen LogP contribution in [0.3, 0.4) is 0 Å². The maximum absolute atomic E-state index is 12.4. The highest BCUT2D eigenvalue weighted by molar-refractivity contribution is 6.30. The second-order valence-corrected chi connectivity index (χ2v) is 6.28. The van der Waals surface area contributed by atoms with E-state index >= 15 is 0 Å². The van der Waals surface area contributed by atoms with Crippen molar-refractivity contribution >= 4 is 28.6 Å². The number of halogens is 1. The fourth-order valence-electron chi connectivity index (χ4n) is 2.82. The van der Waals surface area contributed by atoms with E-state index < -0.39 is 5.97 Å². The number of ether oxygens (including phenoxy) is 1. The molecule has 0 radical (unpaired) electrons. The predicted molar refractivity (Wildman–Crippen MR) is 100 cm³/mol. The standard InChI is InChI=1S/C20H13ClN2O3/c1-23-16-5-3-2-4-14(16)22-15-10-19(18(24)11-17(15)23)26-20(25)12-6-8-13(21)9-7-12/h2-11H,1H3. The minimum atomic E-state index is -0.622. The Kier molecular flexibility index (Phi) is 3.93. The molecule has 0 bridgehead atoms. The molecule has 0 unspecified atom stereocenters. The lowest BCUT2D eigenvalue weighted by Crippen LogP contribution is -2.16. The van der Waals surface area contributed by atoms with Crippen molar-refractivity contribution in [3.63, 3.8) is 0 Å². The molecule has 0 saturated carbocycles. The number of aryl methyl sites for hydroxylation is 1. The number of aromatic nitrogens is 2. The molecule has 26 heavy (non-hydrogen) atoms. The van der Waals surface area contributed by atoms with Gasteiger partial charge in [-0.25, -0.2) is 9.78 Å². The lowest BCUT2D eigenvalue weighted by molar-refractivity contribution is 0.0733. The molecule has 0 amide bonds. The molecule has 1 aliphatic heterocycles. The van der Waals surface area contributed by atoms with Crippen LogP contribution in [0.25, 0.3) is 22.4 Å². The Morgan fingerprint density at radius 2 is 1.81 bits per heavy atom. The molecule has 0 aromatic heterocycles. The summed E-state index contributed by atoms with van der Waals surface area (Å²) in [6.45, 7) is 0. The average molecular weight is 365 g/mol. The number of rotatable bonds is 2. The van der Waals surface area contributed by atoms with E-state index in [0.717, 1.165) is 11.0 Å². The fourth-order valence-corrected chi connectivity index (χ4v) is 2.95. The molecule has 2 aromatic carbocycles. The largest absolute Gasteiger partial charge is 0.419 e. The smallest absolute Gasteiger partial charge is 0.343 e. The van der Waals surface area contributed by atoms with E-state index in [4.69, 9.17) is 16.3 Å². The Labute approximate surface area is 153 Å². The fraction of sp³-hybridized carbons (Fsp3) is 0.0500. The molecule has 6 heteroatoms. The summed E-state index contributed by atoms with van der Waals surface area (Å²) in [5.41, 5.74) is 2.87. The van der Waals surface area contributed by atoms with Crippen molar-refractivity contribution in [2.75, 3.05) is 0 Å². The van der Waals surface area contributed by atoms with Crippen molar-refractivity contribution in [2.45, 2.75) is 0 Å². The van der Waals surface area contributed by atoms with Crippen LogP contribution in [-0.2, 0) is 7.05 Å². The molecule has 2 aromatic rings. The van der Waals surface area contributed by atoms with Crippen molar-refractivity contribution < 1.29 is 9.53 Å². The summed E-state index contributed by atoms with van der Waals surface area (Å²) in [7, 11) is 1.87. The molecule has 0 spiro atoms. The predicted octanol–water partition coefficient (Wildman–Crippen LogP) is 3.91. The summed E-state index contributed by atoms with van der Waals surface area (Å²) in [5.74, 6) is -0.677. The molecule has 4 rings (SSSR count). The molecule has 0 N–H and O–H groups in total. The Morgan fingerprint density at radius 1 is 1.08 bits per heavy atom. The number of hydrogen-bond acceptors (Lipinski definition) is 4. The Morgan fingerprint density at radius 3 is 2.58 bits per heavy atom. The summed E-state index contributed by atoms with van der Waals surface area (Å²) in [5, 5.41) is 0.514. The highest BCUT2D eigenvalue weighted by Crippen LogP contribution is 2.26. The molecule has 0 fully saturated rings. The third-order valence-corrected chi connectivity index (χ3v) is 4.42. The summed E-state index contributed by atoms with van der Waals surface area (Å²) < 4.78 is 7.18. The number of carbonyl (C=O) groups is 1. The zero-order valence-corrected chi connectivity index (χ0v) is 14.5. The van der Waals surface area contributed by atoms with E-state index in [9.17, 15) is 9.59 Å². The third-order valence-electron chi connectivity index (χ3n) is 4.17. The van der Waals surface area contributed by atoms with Crippen molar-refractivity contribution in [2.24, 2.45) is 7.05 Å². The van der Waals surface area contributed by atoms with Gasteiger partial charge in [-0.1, -0.05) is 23.7 Å². The first-order valence-corrected chi connectivity index (χ1v) is 8.28. The van der Waals surface area contributed by atoms with Crippen molar-refractivity contribution in [1.29, 1.82) is 0 Å². The van der Waals surface area contributed by atoms with Crippen LogP contribution in [0.15, 0.2) is 65.5 Å². The highest BCUT2D eigenvalue weighted by atomic mass is 35.5. The topological polar surface area (TPSA) is 61.2 Å². The van der Waals surface area contributed by atoms with Gasteiger partial charge < -0.3 is 9.30 Å². The number of hydrogen-bond donors (Lipinski definition) is 0. The Bertz CT molecular complexity index is 1170. The van der Waals surface area contributed by atoms with Crippen molar-refractivity contribution in [1.82, 2.24) is 9.55 Å². The molecule has 5 nitrogen and oxygen atoms in total. The Balaban J connectivity index is 1.79. The van der Waals surface area contributed by atoms with Crippen molar-refractivity contribution in [3.8, 4) is 17.1 Å². The van der Waals surface area contributed by atoms with Gasteiger partial charge in [-0.3, -0.25) is 4.79 Å². The maximum atomic E-state index is 12.4. The quantitative estimate of drug-likeness (QED) is 0.307. The maximum Gasteiger partial charge on any atom is 0.343 e. The summed E-state index contributed by atoms with van der Waals surface area (Å²) in [6.07, 6.45) is 0. The molecular formula is C20H13ClN2O3. The number of fused-ring (bicyclic) bond motifs is 2. The van der Waals surface area contributed by atoms with Crippen LogP contribution in [0.5, 0.6) is 5.75 Å². The number of para-hydroxylation sites is 2. The minimum Gasteiger partial charge on any atom is -0.419 e. The summed E-state index contributed by atoms with van der Waals surface area (Å²) in [6, 6.07) is 16.8. The van der Waals surface area contributed by atoms with Crippen LogP contribution >= 0.6 is 11.6 Å². The zero-order valence-electron chi connectivity index (χ0n) is 13.8. The summed E-state index contributed by atoms with van der Waals surface area (Å²) in [4.78, 5) is 29.2. The van der Waals surface area contributed by atoms with Gasteiger partial charge in [0.25, 0.3) is 0 Å². The van der Waals surface area contributed by atoms with E-state index in [0.29, 0.717) is 22.0 Å². The van der Waals surface area contributed by atoms with Crippen LogP contribution in [0.2, 0.25) is 5.02 Å². The van der Waals surface area contributed by atoms with Gasteiger partial charge in [-0.15, -0.1) is 0 Å². The molecule has 1 heterocycles. The lowest BCUT2D eigenvalue weighted by atomic mass is 10.1. The monoisotopic (exact) mass is 364 g/mol. The normalized spacial score (nSPS) is 11.0. The number of benzene rings is 3. The van der Waals surface area contributed by atoms with Gasteiger partial charge in [-0.2, -0.15) is 0 Å². The molecule has 2 aliphatic rings. The SMILES string of the molecule is Cn1c2cc(=O)c(OC(=O)c3ccc(Cl)cc3)cc-2nc2ccccc21. The van der Waals surface area contributed by atoms with Crippen LogP contribution in [0, 0.1) is 0 Å². The first kappa shape index (κ1) is 16.3. The van der Waals surface area contributed by atoms with Crippen LogP contribution in [0.4, 0.5) is 0 Å². The van der Waals surface area contributed by atoms with Crippen LogP contribution in [0.1, 0.15) is 10.4 Å². The first-order chi connectivity index (χ1) is 12.5. The Hall–Kier alpha value is -3.18. The zero-order chi connectivity index (χ0) is 18.3. The van der Waals surface area contributed by atoms with Gasteiger partial charge in [0.2, 0.25) is 5.43 Å². The molecule has 128 valence electrons. The molecule has 1 aliphatic carbocycles. The number of nitrogens with zero attached hydrogens (tertiary/aromatic N) is 2. The molecular weight excluding hydrogens is 352 g/mol. The summed E-state index contributed by atoms with van der Waals surface area (Å²) >= 11 is 5.82. The van der Waals surface area contributed by atoms with Gasteiger partial charge in [0, 0.05) is 24.2 Å². The van der Waals surface area contributed by atoms with E-state index in [1.54, 1.807) is 24.3 Å². The second kappa shape index (κ2) is 6.28. The molecule has 0 saturated heterocycles. The second-order valence-electron chi connectivity index (χ2n) is 5.84. The lowest BCUT2D eigenvalue weighted by Gasteiger charge is -2.15. The number of carbonyl (C=O) groups excluding carboxylic acids is 1. The van der Waals surface area contributed by atoms with E-state index in [1.165, 1.54) is 12.1 Å². The van der Waals surface area contributed by atoms with Gasteiger partial charge in [0.05, 0.1) is 28.0 Å².